The fraction of sp³-hybridized carbons (Fsp3) is 0.429. The second kappa shape index (κ2) is 6.84. The summed E-state index contributed by atoms with van der Waals surface area (Å²) in [6.45, 7) is -0.568. The van der Waals surface area contributed by atoms with Gasteiger partial charge in [-0.2, -0.15) is 10.1 Å². The minimum Gasteiger partial charge on any atom is -0.493 e. The van der Waals surface area contributed by atoms with Crippen LogP contribution in [0.5, 0.6) is 11.5 Å². The lowest BCUT2D eigenvalue weighted by atomic mass is 9.63. The second-order valence-corrected chi connectivity index (χ2v) is 8.51. The molecule has 30 heavy (non-hydrogen) atoms. The first kappa shape index (κ1) is 19.1. The molecule has 9 heteroatoms. The van der Waals surface area contributed by atoms with Crippen molar-refractivity contribution in [2.24, 2.45) is 40.6 Å². The highest BCUT2D eigenvalue weighted by Crippen LogP contribution is 2.65. The number of aliphatic carboxylic acids is 1. The lowest BCUT2D eigenvalue weighted by Crippen LogP contribution is -2.40. The first-order valence-electron chi connectivity index (χ1n) is 9.73. The van der Waals surface area contributed by atoms with Crippen LogP contribution in [0.3, 0.4) is 0 Å². The highest BCUT2D eigenvalue weighted by Gasteiger charge is 2.67. The molecular weight excluding hydrogens is 412 g/mol. The number of allylic oxidation sites excluding steroid dienone is 2. The molecule has 4 aliphatic carbocycles. The number of carbonyl (C=O) groups excluding carboxylic acids is 2. The number of carboxylic acid groups (broad SMARTS) is 1. The van der Waals surface area contributed by atoms with Crippen molar-refractivity contribution >= 4 is 35.6 Å². The highest BCUT2D eigenvalue weighted by atomic mass is 35.5. The lowest BCUT2D eigenvalue weighted by molar-refractivity contribution is -0.141. The van der Waals surface area contributed by atoms with Crippen molar-refractivity contribution in [2.45, 2.75) is 6.42 Å². The monoisotopic (exact) mass is 430 g/mol. The number of hydrogen-bond donors (Lipinski definition) is 1. The molecule has 156 valence electrons. The Morgan fingerprint density at radius 3 is 2.43 bits per heavy atom. The van der Waals surface area contributed by atoms with Gasteiger partial charge in [0.05, 0.1) is 30.2 Å². The quantitative estimate of drug-likeness (QED) is 0.421. The molecule has 2 amide bonds. The van der Waals surface area contributed by atoms with Crippen molar-refractivity contribution in [3.8, 4) is 11.5 Å². The summed E-state index contributed by atoms with van der Waals surface area (Å²) < 4.78 is 10.4. The third kappa shape index (κ3) is 2.81. The molecule has 0 radical (unpaired) electrons. The van der Waals surface area contributed by atoms with E-state index in [-0.39, 0.29) is 52.0 Å². The molecule has 1 heterocycles. The van der Waals surface area contributed by atoms with Crippen molar-refractivity contribution in [1.82, 2.24) is 5.01 Å². The van der Waals surface area contributed by atoms with Crippen molar-refractivity contribution in [3.63, 3.8) is 0 Å². The van der Waals surface area contributed by atoms with Crippen LogP contribution in [0.4, 0.5) is 0 Å². The van der Waals surface area contributed by atoms with Crippen LogP contribution in [0.25, 0.3) is 0 Å². The molecule has 1 saturated heterocycles. The molecule has 0 unspecified atom stereocenters. The van der Waals surface area contributed by atoms with Gasteiger partial charge in [-0.25, -0.2) is 4.79 Å². The molecule has 6 rings (SSSR count). The van der Waals surface area contributed by atoms with Crippen molar-refractivity contribution < 1.29 is 29.0 Å². The van der Waals surface area contributed by atoms with Gasteiger partial charge in [0.2, 0.25) is 0 Å². The van der Waals surface area contributed by atoms with Gasteiger partial charge in [0.25, 0.3) is 11.8 Å². The molecule has 6 atom stereocenters. The van der Waals surface area contributed by atoms with E-state index in [1.54, 1.807) is 6.07 Å². The first-order chi connectivity index (χ1) is 14.4. The maximum Gasteiger partial charge on any atom is 0.341 e. The van der Waals surface area contributed by atoms with Gasteiger partial charge in [0.1, 0.15) is 0 Å². The highest BCUT2D eigenvalue weighted by molar-refractivity contribution is 6.32. The minimum atomic E-state index is -1.15. The van der Waals surface area contributed by atoms with Crippen LogP contribution < -0.4 is 9.47 Å². The average Bonchev–Trinajstić information content (AvgIpc) is 3.50. The summed E-state index contributed by atoms with van der Waals surface area (Å²) in [4.78, 5) is 36.6. The number of benzene rings is 1. The van der Waals surface area contributed by atoms with Crippen LogP contribution in [-0.2, 0) is 14.4 Å². The van der Waals surface area contributed by atoms with Crippen LogP contribution in [0.15, 0.2) is 29.4 Å². The topological polar surface area (TPSA) is 106 Å². The summed E-state index contributed by atoms with van der Waals surface area (Å²) in [6.07, 6.45) is 6.70. The number of hydrogen-bond acceptors (Lipinski definition) is 6. The van der Waals surface area contributed by atoms with E-state index in [0.29, 0.717) is 17.4 Å². The zero-order valence-electron chi connectivity index (χ0n) is 16.0. The molecule has 1 aromatic rings. The summed E-state index contributed by atoms with van der Waals surface area (Å²) in [5, 5.41) is 14.1. The van der Waals surface area contributed by atoms with E-state index in [1.807, 2.05) is 0 Å². The van der Waals surface area contributed by atoms with Gasteiger partial charge in [-0.3, -0.25) is 9.59 Å². The van der Waals surface area contributed by atoms with Gasteiger partial charge in [-0.05, 0) is 47.8 Å². The molecule has 3 fully saturated rings. The Labute approximate surface area is 177 Å². The molecular formula is C21H19ClN2O6. The molecule has 0 aromatic heterocycles. The molecule has 5 aliphatic rings. The Morgan fingerprint density at radius 2 is 1.87 bits per heavy atom. The van der Waals surface area contributed by atoms with E-state index in [1.165, 1.54) is 19.4 Å². The Hall–Kier alpha value is -2.87. The van der Waals surface area contributed by atoms with Gasteiger partial charge in [-0.1, -0.05) is 23.8 Å². The fourth-order valence-electron chi connectivity index (χ4n) is 5.27. The SMILES string of the molecule is COc1cc(/C=N\N2C(=O)[C@@H]3[C@H]4C=C[C@@H]([C@@H]5C[C@@H]45)[C@H]3C2=O)cc(Cl)c1OCC(=O)O. The summed E-state index contributed by atoms with van der Waals surface area (Å²) in [7, 11) is 1.40. The number of halogens is 1. The smallest absolute Gasteiger partial charge is 0.341 e. The van der Waals surface area contributed by atoms with Gasteiger partial charge in [0, 0.05) is 0 Å². The average molecular weight is 431 g/mol. The number of carbonyl (C=O) groups is 3. The van der Waals surface area contributed by atoms with Crippen LogP contribution in [0.2, 0.25) is 5.02 Å². The number of carboxylic acids is 1. The Kier molecular flexibility index (Phi) is 4.36. The van der Waals surface area contributed by atoms with E-state index in [0.717, 1.165) is 11.4 Å². The van der Waals surface area contributed by atoms with Crippen molar-refractivity contribution in [1.29, 1.82) is 0 Å². The number of hydrazone groups is 1. The maximum atomic E-state index is 12.9. The number of amides is 2. The minimum absolute atomic E-state index is 0.0972. The maximum absolute atomic E-state index is 12.9. The van der Waals surface area contributed by atoms with E-state index in [2.05, 4.69) is 17.3 Å². The number of nitrogens with zero attached hydrogens (tertiary/aromatic N) is 2. The lowest BCUT2D eigenvalue weighted by Gasteiger charge is -2.37. The fourth-order valence-corrected chi connectivity index (χ4v) is 5.54. The zero-order chi connectivity index (χ0) is 21.2. The largest absolute Gasteiger partial charge is 0.493 e. The van der Waals surface area contributed by atoms with E-state index >= 15 is 0 Å². The van der Waals surface area contributed by atoms with Crippen LogP contribution in [0.1, 0.15) is 12.0 Å². The Morgan fingerprint density at radius 1 is 1.23 bits per heavy atom. The third-order valence-corrected chi connectivity index (χ3v) is 6.83. The van der Waals surface area contributed by atoms with Gasteiger partial charge in [-0.15, -0.1) is 0 Å². The normalized spacial score (nSPS) is 33.1. The molecule has 2 bridgehead atoms. The molecule has 8 nitrogen and oxygen atoms in total. The predicted octanol–water partition coefficient (Wildman–Crippen LogP) is 2.20. The second-order valence-electron chi connectivity index (χ2n) is 8.10. The van der Waals surface area contributed by atoms with E-state index < -0.39 is 12.6 Å². The van der Waals surface area contributed by atoms with Crippen LogP contribution >= 0.6 is 11.6 Å². The van der Waals surface area contributed by atoms with Crippen LogP contribution in [0, 0.1) is 35.5 Å². The third-order valence-electron chi connectivity index (χ3n) is 6.55. The van der Waals surface area contributed by atoms with Gasteiger partial charge in [0.15, 0.2) is 18.1 Å². The molecule has 2 saturated carbocycles. The predicted molar refractivity (Wildman–Crippen MR) is 105 cm³/mol. The zero-order valence-corrected chi connectivity index (χ0v) is 16.8. The number of ether oxygens (including phenoxy) is 2. The molecule has 1 N–H and O–H groups in total. The van der Waals surface area contributed by atoms with Crippen molar-refractivity contribution in [3.05, 3.63) is 34.9 Å². The van der Waals surface area contributed by atoms with Gasteiger partial charge >= 0.3 is 5.97 Å². The summed E-state index contributed by atoms with van der Waals surface area (Å²) >= 11 is 6.20. The van der Waals surface area contributed by atoms with Gasteiger partial charge < -0.3 is 14.6 Å². The molecule has 1 aliphatic heterocycles. The first-order valence-corrected chi connectivity index (χ1v) is 10.1. The summed E-state index contributed by atoms with van der Waals surface area (Å²) in [6, 6.07) is 3.05. The summed E-state index contributed by atoms with van der Waals surface area (Å²) in [5.74, 6) is -0.588. The summed E-state index contributed by atoms with van der Waals surface area (Å²) in [5.41, 5.74) is 0.485. The van der Waals surface area contributed by atoms with Crippen LogP contribution in [-0.4, -0.2) is 47.8 Å². The molecule has 1 aromatic carbocycles. The molecule has 0 spiro atoms. The van der Waals surface area contributed by atoms with Crippen molar-refractivity contribution in [2.75, 3.05) is 13.7 Å². The number of rotatable bonds is 6. The number of methoxy groups -OCH3 is 1. The Bertz CT molecular complexity index is 985. The standard InChI is InChI=1S/C21H19ClN2O6/c1-29-15-5-9(4-14(22)19(15)30-8-16(25)26)7-23-24-20(27)17-10-2-3-11(13-6-12(10)13)18(17)21(24)28/h2-5,7,10-13,17-18H,6,8H2,1H3,(H,25,26)/b23-7-/t10-,11-,12-,13-,17+,18+/m0/s1. The van der Waals surface area contributed by atoms with E-state index in [9.17, 15) is 14.4 Å². The van der Waals surface area contributed by atoms with E-state index in [4.69, 9.17) is 26.2 Å². The number of imide groups is 1. The Balaban J connectivity index is 1.38.